The Hall–Kier alpha value is -3.19. The summed E-state index contributed by atoms with van der Waals surface area (Å²) in [6.45, 7) is 6.74. The molecule has 162 valence electrons. The normalized spacial score (nSPS) is 16.8. The minimum atomic E-state index is -0.0699. The molecule has 1 unspecified atom stereocenters. The highest BCUT2D eigenvalue weighted by Crippen LogP contribution is 2.23. The fourth-order valence-electron chi connectivity index (χ4n) is 3.87. The average molecular weight is 421 g/mol. The number of benzene rings is 2. The van der Waals surface area contributed by atoms with Crippen molar-refractivity contribution < 1.29 is 14.1 Å². The summed E-state index contributed by atoms with van der Waals surface area (Å²) < 4.78 is 10.9. The average Bonchev–Trinajstić information content (AvgIpc) is 3.24. The number of nitrogens with one attached hydrogen (secondary N) is 1. The number of hydrogen-bond acceptors (Lipinski definition) is 6. The molecule has 1 aliphatic rings. The molecule has 31 heavy (non-hydrogen) atoms. The van der Waals surface area contributed by atoms with E-state index in [4.69, 9.17) is 9.26 Å². The molecular formula is C24H28N4O3. The summed E-state index contributed by atoms with van der Waals surface area (Å²) in [6, 6.07) is 15.5. The number of aromatic nitrogens is 2. The van der Waals surface area contributed by atoms with Crippen LogP contribution >= 0.6 is 0 Å². The Bertz CT molecular complexity index is 1020. The van der Waals surface area contributed by atoms with Crippen LogP contribution in [-0.2, 0) is 11.3 Å². The number of amides is 1. The lowest BCUT2D eigenvalue weighted by molar-refractivity contribution is -0.121. The Balaban J connectivity index is 1.33. The first-order valence-electron chi connectivity index (χ1n) is 10.8. The summed E-state index contributed by atoms with van der Waals surface area (Å²) in [5.41, 5.74) is 2.88. The van der Waals surface area contributed by atoms with Gasteiger partial charge in [-0.2, -0.15) is 4.98 Å². The molecule has 2 heterocycles. The van der Waals surface area contributed by atoms with E-state index in [1.165, 1.54) is 0 Å². The van der Waals surface area contributed by atoms with Gasteiger partial charge in [-0.25, -0.2) is 0 Å². The molecule has 7 heteroatoms. The van der Waals surface area contributed by atoms with Crippen molar-refractivity contribution in [2.75, 3.05) is 25.0 Å². The van der Waals surface area contributed by atoms with Crippen molar-refractivity contribution in [2.24, 2.45) is 5.92 Å². The maximum Gasteiger partial charge on any atom is 0.241 e. The SMILES string of the molecule is CCOc1ccc(NC(=O)C2CCCN(Cc3nc(-c4cccc(C)c4)no3)C2)cc1. The first kappa shape index (κ1) is 21.1. The van der Waals surface area contributed by atoms with E-state index in [0.717, 1.165) is 42.0 Å². The second-order valence-corrected chi connectivity index (χ2v) is 7.90. The quantitative estimate of drug-likeness (QED) is 0.614. The van der Waals surface area contributed by atoms with Crippen molar-refractivity contribution in [3.05, 3.63) is 60.0 Å². The minimum Gasteiger partial charge on any atom is -0.494 e. The number of aryl methyl sites for hydroxylation is 1. The lowest BCUT2D eigenvalue weighted by Gasteiger charge is -2.30. The maximum atomic E-state index is 12.8. The molecule has 1 aliphatic heterocycles. The van der Waals surface area contributed by atoms with E-state index < -0.39 is 0 Å². The van der Waals surface area contributed by atoms with Crippen LogP contribution in [0.25, 0.3) is 11.4 Å². The smallest absolute Gasteiger partial charge is 0.241 e. The van der Waals surface area contributed by atoms with Gasteiger partial charge in [-0.15, -0.1) is 0 Å². The third-order valence-electron chi connectivity index (χ3n) is 5.41. The topological polar surface area (TPSA) is 80.5 Å². The first-order valence-corrected chi connectivity index (χ1v) is 10.8. The summed E-state index contributed by atoms with van der Waals surface area (Å²) in [4.78, 5) is 19.5. The second-order valence-electron chi connectivity index (χ2n) is 7.90. The van der Waals surface area contributed by atoms with Crippen LogP contribution in [0.1, 0.15) is 31.2 Å². The summed E-state index contributed by atoms with van der Waals surface area (Å²) in [7, 11) is 0. The monoisotopic (exact) mass is 420 g/mol. The molecule has 1 fully saturated rings. The van der Waals surface area contributed by atoms with E-state index in [-0.39, 0.29) is 11.8 Å². The van der Waals surface area contributed by atoms with Gasteiger partial charge in [0, 0.05) is 17.8 Å². The van der Waals surface area contributed by atoms with Gasteiger partial charge in [-0.3, -0.25) is 9.69 Å². The zero-order valence-corrected chi connectivity index (χ0v) is 18.0. The van der Waals surface area contributed by atoms with Gasteiger partial charge in [0.25, 0.3) is 0 Å². The lowest BCUT2D eigenvalue weighted by atomic mass is 9.97. The fourth-order valence-corrected chi connectivity index (χ4v) is 3.87. The molecule has 7 nitrogen and oxygen atoms in total. The second kappa shape index (κ2) is 9.75. The zero-order valence-electron chi connectivity index (χ0n) is 18.0. The molecule has 4 rings (SSSR count). The third kappa shape index (κ3) is 5.49. The molecule has 2 aromatic carbocycles. The first-order chi connectivity index (χ1) is 15.1. The van der Waals surface area contributed by atoms with E-state index in [1.54, 1.807) is 0 Å². The minimum absolute atomic E-state index is 0.0415. The number of anilines is 1. The number of piperidine rings is 1. The van der Waals surface area contributed by atoms with Crippen LogP contribution in [-0.4, -0.2) is 40.6 Å². The summed E-state index contributed by atoms with van der Waals surface area (Å²) in [5, 5.41) is 7.14. The van der Waals surface area contributed by atoms with Gasteiger partial charge in [-0.05, 0) is 63.6 Å². The van der Waals surface area contributed by atoms with Crippen LogP contribution in [0.5, 0.6) is 5.75 Å². The van der Waals surface area contributed by atoms with Crippen molar-refractivity contribution in [3.8, 4) is 17.1 Å². The molecule has 0 aliphatic carbocycles. The van der Waals surface area contributed by atoms with Crippen molar-refractivity contribution >= 4 is 11.6 Å². The van der Waals surface area contributed by atoms with Gasteiger partial charge < -0.3 is 14.6 Å². The zero-order chi connectivity index (χ0) is 21.6. The van der Waals surface area contributed by atoms with Crippen molar-refractivity contribution in [2.45, 2.75) is 33.2 Å². The highest BCUT2D eigenvalue weighted by molar-refractivity contribution is 5.92. The molecule has 3 aromatic rings. The van der Waals surface area contributed by atoms with E-state index >= 15 is 0 Å². The number of hydrogen-bond donors (Lipinski definition) is 1. The van der Waals surface area contributed by atoms with Crippen molar-refractivity contribution in [3.63, 3.8) is 0 Å². The van der Waals surface area contributed by atoms with Crippen LogP contribution in [0, 0.1) is 12.8 Å². The number of nitrogens with zero attached hydrogens (tertiary/aromatic N) is 3. The lowest BCUT2D eigenvalue weighted by Crippen LogP contribution is -2.40. The molecule has 1 amide bonds. The molecular weight excluding hydrogens is 392 g/mol. The number of likely N-dealkylation sites (tertiary alicyclic amines) is 1. The Kier molecular flexibility index (Phi) is 6.62. The van der Waals surface area contributed by atoms with Crippen LogP contribution in [0.2, 0.25) is 0 Å². The number of rotatable bonds is 7. The maximum absolute atomic E-state index is 12.8. The molecule has 1 atom stereocenters. The fraction of sp³-hybridized carbons (Fsp3) is 0.375. The number of carbonyl (C=O) groups excluding carboxylic acids is 1. The predicted octanol–water partition coefficient (Wildman–Crippen LogP) is 4.29. The Labute approximate surface area is 182 Å². The highest BCUT2D eigenvalue weighted by Gasteiger charge is 2.27. The predicted molar refractivity (Wildman–Crippen MR) is 119 cm³/mol. The van der Waals surface area contributed by atoms with E-state index in [0.29, 0.717) is 31.4 Å². The van der Waals surface area contributed by atoms with Gasteiger partial charge >= 0.3 is 0 Å². The van der Waals surface area contributed by atoms with Gasteiger partial charge in [0.1, 0.15) is 5.75 Å². The highest BCUT2D eigenvalue weighted by atomic mass is 16.5. The van der Waals surface area contributed by atoms with Gasteiger partial charge in [0.2, 0.25) is 17.6 Å². The molecule has 0 saturated carbocycles. The van der Waals surface area contributed by atoms with Crippen LogP contribution in [0.3, 0.4) is 0 Å². The Morgan fingerprint density at radius 1 is 1.26 bits per heavy atom. The van der Waals surface area contributed by atoms with Gasteiger partial charge in [0.15, 0.2) is 0 Å². The summed E-state index contributed by atoms with van der Waals surface area (Å²) in [5.74, 6) is 1.94. The largest absolute Gasteiger partial charge is 0.494 e. The molecule has 0 bridgehead atoms. The Morgan fingerprint density at radius 3 is 2.87 bits per heavy atom. The molecule has 0 spiro atoms. The summed E-state index contributed by atoms with van der Waals surface area (Å²) >= 11 is 0. The number of ether oxygens (including phenoxy) is 1. The van der Waals surface area contributed by atoms with Gasteiger partial charge in [-0.1, -0.05) is 28.9 Å². The number of carbonyl (C=O) groups is 1. The van der Waals surface area contributed by atoms with Gasteiger partial charge in [0.05, 0.1) is 19.1 Å². The van der Waals surface area contributed by atoms with E-state index in [9.17, 15) is 4.79 Å². The molecule has 0 radical (unpaired) electrons. The summed E-state index contributed by atoms with van der Waals surface area (Å²) in [6.07, 6.45) is 1.83. The molecule has 1 aromatic heterocycles. The van der Waals surface area contributed by atoms with Crippen molar-refractivity contribution in [1.29, 1.82) is 0 Å². The molecule has 1 N–H and O–H groups in total. The van der Waals surface area contributed by atoms with Crippen LogP contribution < -0.4 is 10.1 Å². The van der Waals surface area contributed by atoms with E-state index in [2.05, 4.69) is 20.4 Å². The van der Waals surface area contributed by atoms with Crippen LogP contribution in [0.15, 0.2) is 53.1 Å². The standard InChI is InChI=1S/C24H28N4O3/c1-3-30-21-11-9-20(10-12-21)25-24(29)19-8-5-13-28(15-19)16-22-26-23(27-31-22)18-7-4-6-17(2)14-18/h4,6-7,9-12,14,19H,3,5,8,13,15-16H2,1-2H3,(H,25,29). The van der Waals surface area contributed by atoms with E-state index in [1.807, 2.05) is 62.4 Å². The third-order valence-corrected chi connectivity index (χ3v) is 5.41. The molecule has 1 saturated heterocycles. The van der Waals surface area contributed by atoms with Crippen LogP contribution in [0.4, 0.5) is 5.69 Å². The van der Waals surface area contributed by atoms with Crippen molar-refractivity contribution in [1.82, 2.24) is 15.0 Å². The Morgan fingerprint density at radius 2 is 2.10 bits per heavy atom.